The second-order valence-electron chi connectivity index (χ2n) is 9.86. The van der Waals surface area contributed by atoms with Crippen molar-refractivity contribution in [3.63, 3.8) is 0 Å². The number of guanidine groups is 1. The molecule has 1 heterocycles. The number of carbonyl (C=O) groups is 3. The summed E-state index contributed by atoms with van der Waals surface area (Å²) in [5.74, 6) is -1.17. The molecule has 1 aliphatic rings. The molecule has 3 rings (SSSR count). The predicted molar refractivity (Wildman–Crippen MR) is 165 cm³/mol. The third kappa shape index (κ3) is 13.0. The number of ether oxygens (including phenoxy) is 2. The van der Waals surface area contributed by atoms with Gasteiger partial charge >= 0.3 is 11.9 Å². The molecule has 0 radical (unpaired) electrons. The number of rotatable bonds is 16. The van der Waals surface area contributed by atoms with E-state index >= 15 is 0 Å². The van der Waals surface area contributed by atoms with Gasteiger partial charge in [-0.1, -0.05) is 24.3 Å². The Hall–Kier alpha value is -4.36. The highest BCUT2D eigenvalue weighted by Crippen LogP contribution is 2.31. The highest BCUT2D eigenvalue weighted by molar-refractivity contribution is 5.95. The highest BCUT2D eigenvalue weighted by atomic mass is 16.5. The van der Waals surface area contributed by atoms with Crippen molar-refractivity contribution in [3.05, 3.63) is 54.1 Å². The molecule has 2 atom stereocenters. The fourth-order valence-electron chi connectivity index (χ4n) is 4.26. The van der Waals surface area contributed by atoms with Gasteiger partial charge in [-0.3, -0.25) is 15.0 Å². The lowest BCUT2D eigenvalue weighted by molar-refractivity contribution is -0.150. The molecule has 9 N–H and O–H groups in total. The average molecular weight is 601 g/mol. The van der Waals surface area contributed by atoms with Crippen LogP contribution in [0.25, 0.3) is 0 Å². The summed E-state index contributed by atoms with van der Waals surface area (Å²) in [5, 5.41) is 30.3. The number of anilines is 2. The summed E-state index contributed by atoms with van der Waals surface area (Å²) in [5.41, 5.74) is 13.0. The molecule has 2 unspecified atom stereocenters. The lowest BCUT2D eigenvalue weighted by Gasteiger charge is -2.29. The van der Waals surface area contributed by atoms with Gasteiger partial charge in [-0.25, -0.2) is 4.79 Å². The Kier molecular flexibility index (Phi) is 15.4. The Bertz CT molecular complexity index is 1180. The minimum atomic E-state index is -1.00. The number of para-hydroxylation sites is 2. The Morgan fingerprint density at radius 1 is 1.05 bits per heavy atom. The first-order chi connectivity index (χ1) is 20.6. The summed E-state index contributed by atoms with van der Waals surface area (Å²) in [6.07, 6.45) is 2.69. The number of fused-ring (bicyclic) bond motifs is 1. The predicted octanol–water partition coefficient (Wildman–Crippen LogP) is 2.39. The van der Waals surface area contributed by atoms with Crippen LogP contribution in [0.1, 0.15) is 44.6 Å². The summed E-state index contributed by atoms with van der Waals surface area (Å²) >= 11 is 0. The van der Waals surface area contributed by atoms with E-state index in [0.29, 0.717) is 52.0 Å². The molecule has 0 bridgehead atoms. The summed E-state index contributed by atoms with van der Waals surface area (Å²) in [7, 11) is 0. The number of carboxylic acid groups (broad SMARTS) is 2. The minimum Gasteiger partial charge on any atom is -0.490 e. The van der Waals surface area contributed by atoms with Gasteiger partial charge in [-0.15, -0.1) is 0 Å². The second kappa shape index (κ2) is 18.9. The average Bonchev–Trinajstić information content (AvgIpc) is 2.99. The van der Waals surface area contributed by atoms with Crippen LogP contribution in [0.5, 0.6) is 5.75 Å². The summed E-state index contributed by atoms with van der Waals surface area (Å²) in [4.78, 5) is 35.8. The fourth-order valence-corrected chi connectivity index (χ4v) is 4.26. The van der Waals surface area contributed by atoms with Crippen LogP contribution in [-0.4, -0.2) is 79.0 Å². The van der Waals surface area contributed by atoms with Crippen LogP contribution >= 0.6 is 0 Å². The zero-order chi connectivity index (χ0) is 31.6. The maximum atomic E-state index is 12.6. The molecule has 13 heteroatoms. The van der Waals surface area contributed by atoms with Crippen LogP contribution in [0.2, 0.25) is 0 Å². The summed E-state index contributed by atoms with van der Waals surface area (Å²) < 4.78 is 10.9. The van der Waals surface area contributed by atoms with E-state index in [0.717, 1.165) is 42.1 Å². The fraction of sp³-hybridized carbons (Fsp3) is 0.467. The van der Waals surface area contributed by atoms with Crippen molar-refractivity contribution in [3.8, 4) is 5.75 Å². The quantitative estimate of drug-likeness (QED) is 0.0844. The van der Waals surface area contributed by atoms with E-state index in [9.17, 15) is 19.5 Å². The van der Waals surface area contributed by atoms with E-state index in [2.05, 4.69) is 10.6 Å². The van der Waals surface area contributed by atoms with Crippen molar-refractivity contribution in [2.24, 2.45) is 11.5 Å². The number of carbonyl (C=O) groups excluding carboxylic acids is 1. The molecule has 1 aliphatic heterocycles. The van der Waals surface area contributed by atoms with Crippen LogP contribution in [0.3, 0.4) is 0 Å². The van der Waals surface area contributed by atoms with E-state index in [4.69, 9.17) is 31.5 Å². The lowest BCUT2D eigenvalue weighted by atomic mass is 10.1. The molecule has 0 saturated carbocycles. The standard InChI is InChI=1S/C24H30N2O5.C6H14N4O2/c1-2-30-22(24(28)29)17-18-10-12-19(13-11-18)25-14-6-5-9-23(27)26-15-16-31-21-8-4-3-7-20(21)26;7-4(5(11)12)2-1-3-10-6(8)9/h3-4,7-8,10-13,22,25H,2,5-6,9,14-17H2,1H3,(H,28,29);4H,1-3,7H2,(H,11,12)(H4,8,9,10). The molecule has 236 valence electrons. The molecule has 13 nitrogen and oxygen atoms in total. The van der Waals surface area contributed by atoms with E-state index in [-0.39, 0.29) is 11.9 Å². The second-order valence-corrected chi connectivity index (χ2v) is 9.86. The number of nitrogens with one attached hydrogen (secondary N) is 3. The van der Waals surface area contributed by atoms with Gasteiger partial charge in [0.2, 0.25) is 5.91 Å². The molecule has 2 aromatic rings. The van der Waals surface area contributed by atoms with Gasteiger partial charge in [0, 0.05) is 38.2 Å². The van der Waals surface area contributed by atoms with Crippen LogP contribution < -0.4 is 31.7 Å². The summed E-state index contributed by atoms with van der Waals surface area (Å²) in [6, 6.07) is 14.5. The summed E-state index contributed by atoms with van der Waals surface area (Å²) in [6.45, 7) is 4.53. The number of hydrogen-bond acceptors (Lipinski definition) is 8. The van der Waals surface area contributed by atoms with E-state index in [1.54, 1.807) is 6.92 Å². The Balaban J connectivity index is 0.000000455. The number of nitrogens with zero attached hydrogens (tertiary/aromatic N) is 1. The van der Waals surface area contributed by atoms with Gasteiger partial charge in [-0.2, -0.15) is 0 Å². The zero-order valence-corrected chi connectivity index (χ0v) is 24.6. The minimum absolute atomic E-state index is 0.112. The highest BCUT2D eigenvalue weighted by Gasteiger charge is 2.22. The smallest absolute Gasteiger partial charge is 0.333 e. The van der Waals surface area contributed by atoms with Gasteiger partial charge in [0.05, 0.1) is 12.2 Å². The van der Waals surface area contributed by atoms with Gasteiger partial charge in [0.25, 0.3) is 0 Å². The van der Waals surface area contributed by atoms with Gasteiger partial charge in [0.15, 0.2) is 12.1 Å². The number of nitrogens with two attached hydrogens (primary N) is 2. The number of benzene rings is 2. The first kappa shape index (κ1) is 34.8. The molecule has 0 spiro atoms. The van der Waals surface area contributed by atoms with Crippen molar-refractivity contribution >= 4 is 35.2 Å². The largest absolute Gasteiger partial charge is 0.490 e. The topological polar surface area (TPSA) is 213 Å². The van der Waals surface area contributed by atoms with Gasteiger partial charge < -0.3 is 46.7 Å². The molecular weight excluding hydrogens is 556 g/mol. The number of unbranched alkanes of at least 4 members (excludes halogenated alkanes) is 1. The van der Waals surface area contributed by atoms with Gasteiger partial charge in [-0.05, 0) is 62.4 Å². The third-order valence-electron chi connectivity index (χ3n) is 6.52. The molecule has 0 fully saturated rings. The zero-order valence-electron chi connectivity index (χ0n) is 24.6. The Morgan fingerprint density at radius 3 is 2.42 bits per heavy atom. The van der Waals surface area contributed by atoms with Crippen LogP contribution in [0, 0.1) is 5.41 Å². The third-order valence-corrected chi connectivity index (χ3v) is 6.52. The first-order valence-electron chi connectivity index (χ1n) is 14.4. The number of aliphatic carboxylic acids is 2. The normalized spacial score (nSPS) is 13.3. The maximum Gasteiger partial charge on any atom is 0.333 e. The van der Waals surface area contributed by atoms with Crippen molar-refractivity contribution in [2.75, 3.05) is 43.1 Å². The monoisotopic (exact) mass is 600 g/mol. The Morgan fingerprint density at radius 2 is 1.77 bits per heavy atom. The van der Waals surface area contributed by atoms with E-state index in [1.807, 2.05) is 53.4 Å². The molecule has 0 saturated heterocycles. The van der Waals surface area contributed by atoms with Crippen molar-refractivity contribution in [1.29, 1.82) is 5.41 Å². The number of carboxylic acids is 2. The molecule has 1 amide bonds. The van der Waals surface area contributed by atoms with Crippen LogP contribution in [-0.2, 0) is 25.5 Å². The molecule has 43 heavy (non-hydrogen) atoms. The molecule has 2 aromatic carbocycles. The maximum absolute atomic E-state index is 12.6. The van der Waals surface area contributed by atoms with Crippen LogP contribution in [0.4, 0.5) is 11.4 Å². The molecule has 0 aromatic heterocycles. The first-order valence-corrected chi connectivity index (χ1v) is 14.4. The SMILES string of the molecule is CCOC(Cc1ccc(NCCCCC(=O)N2CCOc3ccccc32)cc1)C(=O)O.N=C(N)NCCCC(N)C(=O)O. The van der Waals surface area contributed by atoms with Crippen molar-refractivity contribution < 1.29 is 34.1 Å². The van der Waals surface area contributed by atoms with Gasteiger partial charge in [0.1, 0.15) is 18.4 Å². The van der Waals surface area contributed by atoms with Crippen LogP contribution in [0.15, 0.2) is 48.5 Å². The van der Waals surface area contributed by atoms with E-state index < -0.39 is 24.1 Å². The van der Waals surface area contributed by atoms with Crippen molar-refractivity contribution in [2.45, 2.75) is 57.6 Å². The number of hydrogen-bond donors (Lipinski definition) is 7. The van der Waals surface area contributed by atoms with E-state index in [1.165, 1.54) is 0 Å². The Labute approximate surface area is 252 Å². The lowest BCUT2D eigenvalue weighted by Crippen LogP contribution is -2.37. The molecular formula is C30H44N6O7. The van der Waals surface area contributed by atoms with Crippen molar-refractivity contribution in [1.82, 2.24) is 5.32 Å². The molecule has 0 aliphatic carbocycles. The number of amides is 1.